The molecule has 0 N–H and O–H groups in total. The lowest BCUT2D eigenvalue weighted by Gasteiger charge is -2.16. The molecule has 0 spiro atoms. The summed E-state index contributed by atoms with van der Waals surface area (Å²) in [6.45, 7) is 9.26. The van der Waals surface area contributed by atoms with Gasteiger partial charge in [0.2, 0.25) is 0 Å². The molecule has 2 unspecified atom stereocenters. The second kappa shape index (κ2) is 7.80. The molecule has 0 aliphatic carbocycles. The summed E-state index contributed by atoms with van der Waals surface area (Å²) in [4.78, 5) is 0. The van der Waals surface area contributed by atoms with E-state index in [9.17, 15) is 0 Å². The molecule has 1 heteroatoms. The fraction of sp³-hybridized carbons (Fsp3) is 0.909. The Morgan fingerprint density at radius 1 is 1.17 bits per heavy atom. The maximum absolute atomic E-state index is 2.39. The van der Waals surface area contributed by atoms with Crippen LogP contribution in [0.25, 0.3) is 0 Å². The van der Waals surface area contributed by atoms with Crippen molar-refractivity contribution in [3.05, 3.63) is 0 Å². The summed E-state index contributed by atoms with van der Waals surface area (Å²) in [5.74, 6) is 4.18. The standard InChI is InChI=1S/C11H23P/c1-5-7-10(3)11(4)9-12-8-6-2/h8,10-11H,5-7,9H2,1-4H3. The summed E-state index contributed by atoms with van der Waals surface area (Å²) in [7, 11) is 1.54. The number of hydrogen-bond acceptors (Lipinski definition) is 0. The van der Waals surface area contributed by atoms with Crippen molar-refractivity contribution >= 4 is 14.0 Å². The van der Waals surface area contributed by atoms with Crippen molar-refractivity contribution in [2.45, 2.75) is 47.0 Å². The molecule has 0 nitrogen and oxygen atoms in total. The van der Waals surface area contributed by atoms with Crippen molar-refractivity contribution in [1.82, 2.24) is 0 Å². The lowest BCUT2D eigenvalue weighted by Crippen LogP contribution is -2.08. The zero-order chi connectivity index (χ0) is 9.40. The molecule has 0 rings (SSSR count). The molecule has 0 aliphatic heterocycles. The van der Waals surface area contributed by atoms with Gasteiger partial charge in [0.25, 0.3) is 0 Å². The van der Waals surface area contributed by atoms with Gasteiger partial charge in [-0.25, -0.2) is 0 Å². The fourth-order valence-corrected chi connectivity index (χ4v) is 2.39. The zero-order valence-electron chi connectivity index (χ0n) is 9.01. The second-order valence-electron chi connectivity index (χ2n) is 3.70. The van der Waals surface area contributed by atoms with Gasteiger partial charge >= 0.3 is 0 Å². The predicted molar refractivity (Wildman–Crippen MR) is 61.4 cm³/mol. The van der Waals surface area contributed by atoms with E-state index in [1.54, 1.807) is 0 Å². The average Bonchev–Trinajstić information content (AvgIpc) is 2.05. The monoisotopic (exact) mass is 186 g/mol. The minimum Gasteiger partial charge on any atom is -0.109 e. The van der Waals surface area contributed by atoms with E-state index in [1.165, 1.54) is 33.6 Å². The highest BCUT2D eigenvalue weighted by Crippen LogP contribution is 2.20. The summed E-state index contributed by atoms with van der Waals surface area (Å²) in [5.41, 5.74) is 0. The summed E-state index contributed by atoms with van der Waals surface area (Å²) in [5, 5.41) is 0. The molecule has 0 aromatic rings. The first-order valence-electron chi connectivity index (χ1n) is 5.20. The zero-order valence-corrected chi connectivity index (χ0v) is 9.90. The first kappa shape index (κ1) is 12.2. The minimum absolute atomic E-state index is 0.898. The first-order chi connectivity index (χ1) is 5.72. The molecule has 12 heavy (non-hydrogen) atoms. The van der Waals surface area contributed by atoms with Crippen LogP contribution < -0.4 is 0 Å². The van der Waals surface area contributed by atoms with E-state index in [4.69, 9.17) is 0 Å². The van der Waals surface area contributed by atoms with Gasteiger partial charge in [0.05, 0.1) is 0 Å². The van der Waals surface area contributed by atoms with Crippen LogP contribution in [0, 0.1) is 11.8 Å². The highest BCUT2D eigenvalue weighted by Gasteiger charge is 2.08. The normalized spacial score (nSPS) is 16.7. The van der Waals surface area contributed by atoms with Crippen LogP contribution in [0.3, 0.4) is 0 Å². The molecule has 0 aliphatic rings. The Morgan fingerprint density at radius 2 is 1.83 bits per heavy atom. The molecule has 0 amide bonds. The summed E-state index contributed by atoms with van der Waals surface area (Å²) in [6.07, 6.45) is 5.30. The summed E-state index contributed by atoms with van der Waals surface area (Å²) < 4.78 is 0. The molecule has 0 aromatic carbocycles. The van der Waals surface area contributed by atoms with Gasteiger partial charge in [0.15, 0.2) is 0 Å². The molecule has 0 bridgehead atoms. The molecule has 0 saturated heterocycles. The van der Waals surface area contributed by atoms with E-state index >= 15 is 0 Å². The molecular weight excluding hydrogens is 163 g/mol. The molecule has 0 heterocycles. The van der Waals surface area contributed by atoms with Crippen LogP contribution in [0.5, 0.6) is 0 Å². The van der Waals surface area contributed by atoms with Crippen LogP contribution >= 0.6 is 8.20 Å². The van der Waals surface area contributed by atoms with Gasteiger partial charge in [-0.3, -0.25) is 0 Å². The Kier molecular flexibility index (Phi) is 7.91. The number of rotatable bonds is 6. The van der Waals surface area contributed by atoms with E-state index in [0.717, 1.165) is 11.8 Å². The minimum atomic E-state index is 0.898. The Bertz CT molecular complexity index is 118. The largest absolute Gasteiger partial charge is 0.109 e. The van der Waals surface area contributed by atoms with Gasteiger partial charge in [0, 0.05) is 0 Å². The van der Waals surface area contributed by atoms with Crippen LogP contribution in [-0.2, 0) is 0 Å². The smallest absolute Gasteiger partial charge is 0.00811 e. The van der Waals surface area contributed by atoms with Crippen LogP contribution in [0.2, 0.25) is 0 Å². The molecule has 0 saturated carbocycles. The first-order valence-corrected chi connectivity index (χ1v) is 6.35. The van der Waals surface area contributed by atoms with Gasteiger partial charge in [0.1, 0.15) is 0 Å². The molecule has 0 fully saturated rings. The third-order valence-corrected chi connectivity index (χ3v) is 3.83. The maximum Gasteiger partial charge on any atom is -0.00811 e. The lowest BCUT2D eigenvalue weighted by atomic mass is 9.93. The molecule has 0 aromatic heterocycles. The van der Waals surface area contributed by atoms with Crippen LogP contribution in [0.1, 0.15) is 47.0 Å². The topological polar surface area (TPSA) is 0 Å². The molecule has 2 atom stereocenters. The van der Waals surface area contributed by atoms with Gasteiger partial charge in [-0.1, -0.05) is 46.3 Å². The SMILES string of the molecule is CC/C=P\CC(C)C(C)CCC. The quantitative estimate of drug-likeness (QED) is 0.545. The predicted octanol–water partition coefficient (Wildman–Crippen LogP) is 4.22. The molecule has 72 valence electrons. The van der Waals surface area contributed by atoms with Crippen molar-refractivity contribution in [2.75, 3.05) is 6.16 Å². The second-order valence-corrected chi connectivity index (χ2v) is 4.79. The average molecular weight is 186 g/mol. The van der Waals surface area contributed by atoms with Gasteiger partial charge < -0.3 is 0 Å². The van der Waals surface area contributed by atoms with Crippen molar-refractivity contribution in [1.29, 1.82) is 0 Å². The summed E-state index contributed by atoms with van der Waals surface area (Å²) >= 11 is 0. The summed E-state index contributed by atoms with van der Waals surface area (Å²) in [6, 6.07) is 0. The van der Waals surface area contributed by atoms with E-state index in [-0.39, 0.29) is 0 Å². The molecular formula is C11H23P. The Balaban J connectivity index is 3.55. The van der Waals surface area contributed by atoms with Crippen molar-refractivity contribution < 1.29 is 0 Å². The fourth-order valence-electron chi connectivity index (χ4n) is 1.29. The lowest BCUT2D eigenvalue weighted by molar-refractivity contribution is 0.394. The van der Waals surface area contributed by atoms with E-state index in [0.29, 0.717) is 0 Å². The maximum atomic E-state index is 2.39. The van der Waals surface area contributed by atoms with Crippen LogP contribution in [0.15, 0.2) is 0 Å². The van der Waals surface area contributed by atoms with Crippen molar-refractivity contribution in [2.24, 2.45) is 11.8 Å². The van der Waals surface area contributed by atoms with Crippen LogP contribution in [-0.4, -0.2) is 12.0 Å². The Morgan fingerprint density at radius 3 is 2.33 bits per heavy atom. The Hall–Kier alpha value is 0.170. The van der Waals surface area contributed by atoms with E-state index < -0.39 is 0 Å². The Labute approximate surface area is 79.6 Å². The van der Waals surface area contributed by atoms with Crippen molar-refractivity contribution in [3.63, 3.8) is 0 Å². The third-order valence-electron chi connectivity index (χ3n) is 2.42. The van der Waals surface area contributed by atoms with E-state index in [2.05, 4.69) is 33.5 Å². The van der Waals surface area contributed by atoms with E-state index in [1.807, 2.05) is 0 Å². The van der Waals surface area contributed by atoms with Gasteiger partial charge in [-0.2, -0.15) is 0 Å². The number of hydrogen-bond donors (Lipinski definition) is 0. The highest BCUT2D eigenvalue weighted by molar-refractivity contribution is 7.38. The molecule has 0 radical (unpaired) electrons. The highest BCUT2D eigenvalue weighted by atomic mass is 31.1. The van der Waals surface area contributed by atoms with Gasteiger partial charge in [-0.05, 0) is 24.4 Å². The third kappa shape index (κ3) is 5.77. The van der Waals surface area contributed by atoms with Crippen LogP contribution in [0.4, 0.5) is 0 Å². The van der Waals surface area contributed by atoms with Gasteiger partial charge in [-0.15, -0.1) is 8.20 Å². The van der Waals surface area contributed by atoms with Crippen molar-refractivity contribution in [3.8, 4) is 0 Å².